The van der Waals surface area contributed by atoms with E-state index in [0.29, 0.717) is 0 Å². The fraction of sp³-hybridized carbons (Fsp3) is 0.840. The lowest BCUT2D eigenvalue weighted by Gasteiger charge is -2.32. The quantitative estimate of drug-likeness (QED) is 0.143. The molecule has 4 atom stereocenters. The van der Waals surface area contributed by atoms with Gasteiger partial charge in [-0.05, 0) is 25.0 Å². The molecule has 0 N–H and O–H groups in total. The number of ether oxygens (including phenoxy) is 4. The molecule has 0 aromatic rings. The molecule has 0 aliphatic carbocycles. The Morgan fingerprint density at radius 2 is 0.676 bits per heavy atom. The van der Waals surface area contributed by atoms with Crippen molar-refractivity contribution in [2.75, 3.05) is 51.5 Å². The van der Waals surface area contributed by atoms with E-state index in [-0.39, 0.29) is 73.1 Å². The first-order chi connectivity index (χ1) is 17.4. The Bertz CT molecular complexity index is 589. The highest BCUT2D eigenvalue weighted by atomic mass is 32.2. The fourth-order valence-electron chi connectivity index (χ4n) is 2.69. The molecule has 0 fully saturated rings. The van der Waals surface area contributed by atoms with Crippen molar-refractivity contribution in [3.8, 4) is 0 Å². The van der Waals surface area contributed by atoms with Crippen LogP contribution in [0.15, 0.2) is 0 Å². The maximum atomic E-state index is 12.5. The molecule has 12 heteroatoms. The average molecular weight is 601 g/mol. The maximum Gasteiger partial charge on any atom is 0.306 e. The number of rotatable bonds is 20. The van der Waals surface area contributed by atoms with Gasteiger partial charge in [0, 0.05) is 21.0 Å². The number of carbonyl (C=O) groups excluding carboxylic acids is 4. The molecule has 0 aliphatic heterocycles. The normalized spacial score (nSPS) is 16.0. The van der Waals surface area contributed by atoms with Crippen LogP contribution in [0, 0.1) is 5.41 Å². The van der Waals surface area contributed by atoms with Crippen LogP contribution in [0.1, 0.15) is 53.4 Å². The van der Waals surface area contributed by atoms with E-state index < -0.39 is 29.3 Å². The Morgan fingerprint density at radius 3 is 0.838 bits per heavy atom. The Labute approximate surface area is 239 Å². The standard InChI is InChI=1S/C25H44O8S4/c1-17(34-5)9-21(26)30-13-25(14-31-22(27)10-18(2)35-6,15-32-23(28)11-19(3)36-7)16-33-24(29)12-20(4)37-8/h17-20H,9-16H2,1-8H3. The van der Waals surface area contributed by atoms with Gasteiger partial charge in [-0.15, -0.1) is 0 Å². The third-order valence-corrected chi connectivity index (χ3v) is 9.47. The summed E-state index contributed by atoms with van der Waals surface area (Å²) in [5.74, 6) is -1.73. The third kappa shape index (κ3) is 17.5. The number of hydrogen-bond acceptors (Lipinski definition) is 12. The van der Waals surface area contributed by atoms with Crippen LogP contribution in [0.4, 0.5) is 0 Å². The summed E-state index contributed by atoms with van der Waals surface area (Å²) in [6.07, 6.45) is 8.39. The molecule has 0 heterocycles. The molecular weight excluding hydrogens is 557 g/mol. The van der Waals surface area contributed by atoms with Gasteiger partial charge >= 0.3 is 23.9 Å². The zero-order chi connectivity index (χ0) is 28.4. The van der Waals surface area contributed by atoms with E-state index >= 15 is 0 Å². The molecule has 37 heavy (non-hydrogen) atoms. The van der Waals surface area contributed by atoms with E-state index in [2.05, 4.69) is 0 Å². The van der Waals surface area contributed by atoms with Crippen LogP contribution in [0.3, 0.4) is 0 Å². The van der Waals surface area contributed by atoms with Crippen LogP contribution < -0.4 is 0 Å². The minimum atomic E-state index is -1.23. The highest BCUT2D eigenvalue weighted by Crippen LogP contribution is 2.24. The summed E-state index contributed by atoms with van der Waals surface area (Å²) in [5.41, 5.74) is -1.23. The molecule has 0 rings (SSSR count). The zero-order valence-corrected chi connectivity index (χ0v) is 26.6. The molecule has 0 aromatic heterocycles. The van der Waals surface area contributed by atoms with Gasteiger partial charge in [0.2, 0.25) is 0 Å². The number of carbonyl (C=O) groups is 4. The van der Waals surface area contributed by atoms with E-state index in [1.54, 1.807) is 0 Å². The second kappa shape index (κ2) is 20.2. The molecule has 0 saturated heterocycles. The fourth-order valence-corrected chi connectivity index (χ4v) is 3.90. The van der Waals surface area contributed by atoms with E-state index in [1.807, 2.05) is 52.7 Å². The van der Waals surface area contributed by atoms with Crippen molar-refractivity contribution in [2.24, 2.45) is 5.41 Å². The first-order valence-corrected chi connectivity index (χ1v) is 17.3. The van der Waals surface area contributed by atoms with Crippen molar-refractivity contribution in [3.05, 3.63) is 0 Å². The largest absolute Gasteiger partial charge is 0.465 e. The second-order valence-corrected chi connectivity index (χ2v) is 14.2. The van der Waals surface area contributed by atoms with Crippen molar-refractivity contribution in [1.82, 2.24) is 0 Å². The van der Waals surface area contributed by atoms with Crippen LogP contribution in [0.2, 0.25) is 0 Å². The van der Waals surface area contributed by atoms with Gasteiger partial charge in [-0.25, -0.2) is 0 Å². The van der Waals surface area contributed by atoms with Gasteiger partial charge in [0.1, 0.15) is 31.8 Å². The van der Waals surface area contributed by atoms with Gasteiger partial charge in [0.25, 0.3) is 0 Å². The van der Waals surface area contributed by atoms with E-state index in [1.165, 1.54) is 47.0 Å². The first kappa shape index (κ1) is 36.3. The van der Waals surface area contributed by atoms with Crippen molar-refractivity contribution >= 4 is 70.9 Å². The van der Waals surface area contributed by atoms with Gasteiger partial charge in [-0.2, -0.15) is 47.0 Å². The predicted octanol–water partition coefficient (Wildman–Crippen LogP) is 4.71. The molecule has 0 saturated carbocycles. The van der Waals surface area contributed by atoms with Gasteiger partial charge in [0.15, 0.2) is 0 Å². The summed E-state index contributed by atoms with van der Waals surface area (Å²) in [4.78, 5) is 49.8. The minimum Gasteiger partial charge on any atom is -0.465 e. The molecule has 0 bridgehead atoms. The molecule has 0 aromatic carbocycles. The first-order valence-electron chi connectivity index (χ1n) is 12.1. The van der Waals surface area contributed by atoms with Crippen LogP contribution >= 0.6 is 47.0 Å². The Kier molecular flexibility index (Phi) is 19.8. The maximum absolute atomic E-state index is 12.5. The van der Waals surface area contributed by atoms with Gasteiger partial charge in [0.05, 0.1) is 25.7 Å². The summed E-state index contributed by atoms with van der Waals surface area (Å²) in [5, 5.41) is 0.239. The van der Waals surface area contributed by atoms with E-state index in [4.69, 9.17) is 18.9 Å². The summed E-state index contributed by atoms with van der Waals surface area (Å²) >= 11 is 6.15. The van der Waals surface area contributed by atoms with Crippen LogP contribution in [0.5, 0.6) is 0 Å². The van der Waals surface area contributed by atoms with E-state index in [0.717, 1.165) is 0 Å². The van der Waals surface area contributed by atoms with Crippen molar-refractivity contribution in [1.29, 1.82) is 0 Å². The van der Waals surface area contributed by atoms with Crippen molar-refractivity contribution in [3.63, 3.8) is 0 Å². The topological polar surface area (TPSA) is 105 Å². The summed E-state index contributed by atoms with van der Waals surface area (Å²) in [7, 11) is 0. The molecule has 0 radical (unpaired) electrons. The van der Waals surface area contributed by atoms with Gasteiger partial charge in [-0.1, -0.05) is 27.7 Å². The Morgan fingerprint density at radius 1 is 0.486 bits per heavy atom. The molecule has 0 amide bonds. The summed E-state index contributed by atoms with van der Waals surface area (Å²) in [6.45, 7) is 6.75. The highest BCUT2D eigenvalue weighted by Gasteiger charge is 2.38. The lowest BCUT2D eigenvalue weighted by atomic mass is 9.92. The minimum absolute atomic E-state index is 0.0597. The number of esters is 4. The summed E-state index contributed by atoms with van der Waals surface area (Å²) < 4.78 is 22.2. The Hall–Kier alpha value is -0.720. The monoisotopic (exact) mass is 600 g/mol. The predicted molar refractivity (Wildman–Crippen MR) is 157 cm³/mol. The second-order valence-electron chi connectivity index (χ2n) is 9.14. The molecular formula is C25H44O8S4. The highest BCUT2D eigenvalue weighted by molar-refractivity contribution is 7.99. The molecule has 0 aliphatic rings. The molecule has 8 nitrogen and oxygen atoms in total. The van der Waals surface area contributed by atoms with Crippen LogP contribution in [-0.2, 0) is 38.1 Å². The van der Waals surface area contributed by atoms with E-state index in [9.17, 15) is 19.2 Å². The van der Waals surface area contributed by atoms with Gasteiger partial charge in [-0.3, -0.25) is 19.2 Å². The zero-order valence-electron chi connectivity index (χ0n) is 23.4. The molecule has 0 spiro atoms. The average Bonchev–Trinajstić information content (AvgIpc) is 2.87. The smallest absolute Gasteiger partial charge is 0.306 e. The lowest BCUT2D eigenvalue weighted by Crippen LogP contribution is -2.44. The number of thioether (sulfide) groups is 4. The summed E-state index contributed by atoms with van der Waals surface area (Å²) in [6, 6.07) is 0. The lowest BCUT2D eigenvalue weighted by molar-refractivity contribution is -0.170. The van der Waals surface area contributed by atoms with Gasteiger partial charge < -0.3 is 18.9 Å². The van der Waals surface area contributed by atoms with Crippen LogP contribution in [-0.4, -0.2) is 96.3 Å². The number of hydrogen-bond donors (Lipinski definition) is 0. The van der Waals surface area contributed by atoms with Crippen molar-refractivity contribution in [2.45, 2.75) is 74.4 Å². The van der Waals surface area contributed by atoms with Crippen LogP contribution in [0.25, 0.3) is 0 Å². The Balaban J connectivity index is 5.74. The molecule has 216 valence electrons. The third-order valence-electron chi connectivity index (χ3n) is 5.58. The molecule has 4 unspecified atom stereocenters. The van der Waals surface area contributed by atoms with Crippen molar-refractivity contribution < 1.29 is 38.1 Å². The SMILES string of the molecule is CSC(C)CC(=O)OCC(COC(=O)CC(C)SC)(COC(=O)CC(C)SC)COC(=O)CC(C)SC.